The SMILES string of the molecule is CC(C)c1cn(COCC[Si](C)(C)C)c2nnc(Oc3c(Cl)cc(-n4nc(C#N)c(=O)[nH]c4=O)cc3Cl)cc12. The Morgan fingerprint density at radius 2 is 1.82 bits per heavy atom. The van der Waals surface area contributed by atoms with Crippen LogP contribution in [0.4, 0.5) is 0 Å². The topological polar surface area (TPSA) is 141 Å². The predicted molar refractivity (Wildman–Crippen MR) is 151 cm³/mol. The standard InChI is InChI=1S/C25H27Cl2N7O4Si/c1-14(2)17-12-33(13-37-6-7-39(3,4)5)23-16(17)10-21(30-31-23)38-22-18(26)8-15(9-19(22)27)34-25(36)29-24(35)20(11-28)32-34/h8-10,12,14H,6-7,13H2,1-5H3,(H,29,35,36). The van der Waals surface area contributed by atoms with E-state index in [-0.39, 0.29) is 33.3 Å². The van der Waals surface area contributed by atoms with Crippen LogP contribution in [0, 0.1) is 11.3 Å². The van der Waals surface area contributed by atoms with Crippen LogP contribution in [-0.4, -0.2) is 44.2 Å². The first-order valence-electron chi connectivity index (χ1n) is 12.1. The van der Waals surface area contributed by atoms with Crippen molar-refractivity contribution in [3.63, 3.8) is 0 Å². The lowest BCUT2D eigenvalue weighted by atomic mass is 10.0. The highest BCUT2D eigenvalue weighted by atomic mass is 35.5. The van der Waals surface area contributed by atoms with Crippen molar-refractivity contribution < 1.29 is 9.47 Å². The lowest BCUT2D eigenvalue weighted by Gasteiger charge is -2.15. The Morgan fingerprint density at radius 3 is 2.44 bits per heavy atom. The van der Waals surface area contributed by atoms with E-state index in [9.17, 15) is 9.59 Å². The van der Waals surface area contributed by atoms with Gasteiger partial charge in [0.25, 0.3) is 5.56 Å². The number of aromatic nitrogens is 6. The number of aromatic amines is 1. The summed E-state index contributed by atoms with van der Waals surface area (Å²) >= 11 is 12.9. The summed E-state index contributed by atoms with van der Waals surface area (Å²) in [6.07, 6.45) is 2.02. The van der Waals surface area contributed by atoms with Crippen LogP contribution in [0.3, 0.4) is 0 Å². The van der Waals surface area contributed by atoms with E-state index in [1.807, 2.05) is 15.7 Å². The van der Waals surface area contributed by atoms with E-state index in [0.717, 1.165) is 21.7 Å². The molecule has 4 rings (SSSR count). The van der Waals surface area contributed by atoms with E-state index in [2.05, 4.69) is 48.8 Å². The van der Waals surface area contributed by atoms with Crippen LogP contribution in [0.25, 0.3) is 16.7 Å². The van der Waals surface area contributed by atoms with Crippen LogP contribution in [0.2, 0.25) is 35.7 Å². The van der Waals surface area contributed by atoms with Gasteiger partial charge in [0.1, 0.15) is 12.8 Å². The number of rotatable bonds is 9. The average Bonchev–Trinajstić information content (AvgIpc) is 3.21. The third kappa shape index (κ3) is 6.39. The number of H-pyrrole nitrogens is 1. The predicted octanol–water partition coefficient (Wildman–Crippen LogP) is 5.07. The van der Waals surface area contributed by atoms with Gasteiger partial charge in [0, 0.05) is 32.3 Å². The van der Waals surface area contributed by atoms with E-state index in [4.69, 9.17) is 37.9 Å². The Bertz CT molecular complexity index is 1680. The molecule has 14 heteroatoms. The monoisotopic (exact) mass is 587 g/mol. The number of ether oxygens (including phenoxy) is 2. The molecule has 39 heavy (non-hydrogen) atoms. The van der Waals surface area contributed by atoms with Gasteiger partial charge in [-0.15, -0.1) is 15.3 Å². The molecule has 3 heterocycles. The second-order valence-corrected chi connectivity index (χ2v) is 16.9. The molecule has 0 unspecified atom stereocenters. The molecule has 1 aromatic carbocycles. The van der Waals surface area contributed by atoms with E-state index in [1.54, 1.807) is 12.1 Å². The van der Waals surface area contributed by atoms with Gasteiger partial charge in [-0.25, -0.2) is 4.79 Å². The molecule has 11 nitrogen and oxygen atoms in total. The molecule has 0 radical (unpaired) electrons. The first kappa shape index (κ1) is 28.5. The van der Waals surface area contributed by atoms with Crippen molar-refractivity contribution in [1.82, 2.24) is 29.5 Å². The molecule has 0 bridgehead atoms. The van der Waals surface area contributed by atoms with Gasteiger partial charge in [0.15, 0.2) is 11.4 Å². The Morgan fingerprint density at radius 1 is 1.13 bits per heavy atom. The van der Waals surface area contributed by atoms with E-state index >= 15 is 0 Å². The van der Waals surface area contributed by atoms with Crippen molar-refractivity contribution in [3.8, 4) is 23.4 Å². The highest BCUT2D eigenvalue weighted by Gasteiger charge is 2.19. The molecular weight excluding hydrogens is 561 g/mol. The molecule has 0 saturated carbocycles. The maximum absolute atomic E-state index is 12.2. The lowest BCUT2D eigenvalue weighted by Crippen LogP contribution is -2.33. The summed E-state index contributed by atoms with van der Waals surface area (Å²) in [5, 5.41) is 22.4. The van der Waals surface area contributed by atoms with Gasteiger partial charge in [-0.3, -0.25) is 9.78 Å². The molecule has 0 aliphatic rings. The summed E-state index contributed by atoms with van der Waals surface area (Å²) in [7, 11) is -1.20. The van der Waals surface area contributed by atoms with E-state index in [1.165, 1.54) is 12.1 Å². The first-order chi connectivity index (χ1) is 18.4. The van der Waals surface area contributed by atoms with Gasteiger partial charge in [0.05, 0.1) is 15.7 Å². The second-order valence-electron chi connectivity index (χ2n) is 10.4. The van der Waals surface area contributed by atoms with Gasteiger partial charge in [0.2, 0.25) is 11.6 Å². The van der Waals surface area contributed by atoms with Gasteiger partial charge >= 0.3 is 5.69 Å². The normalized spacial score (nSPS) is 11.8. The molecule has 1 N–H and O–H groups in total. The molecule has 204 valence electrons. The molecule has 0 aliphatic carbocycles. The highest BCUT2D eigenvalue weighted by molar-refractivity contribution is 6.76. The van der Waals surface area contributed by atoms with Crippen LogP contribution in [0.5, 0.6) is 11.6 Å². The fourth-order valence-electron chi connectivity index (χ4n) is 3.76. The maximum Gasteiger partial charge on any atom is 0.349 e. The zero-order chi connectivity index (χ0) is 28.5. The Labute approximate surface area is 234 Å². The smallest absolute Gasteiger partial charge is 0.349 e. The minimum Gasteiger partial charge on any atom is -0.434 e. The summed E-state index contributed by atoms with van der Waals surface area (Å²) in [5.74, 6) is 0.471. The summed E-state index contributed by atoms with van der Waals surface area (Å²) in [6, 6.07) is 7.21. The molecule has 0 aliphatic heterocycles. The van der Waals surface area contributed by atoms with Crippen molar-refractivity contribution >= 4 is 42.3 Å². The number of fused-ring (bicyclic) bond motifs is 1. The number of halogens is 2. The van der Waals surface area contributed by atoms with Crippen molar-refractivity contribution in [2.45, 2.75) is 52.2 Å². The largest absolute Gasteiger partial charge is 0.434 e. The Balaban J connectivity index is 1.64. The average molecular weight is 589 g/mol. The number of hydrogen-bond donors (Lipinski definition) is 1. The van der Waals surface area contributed by atoms with Crippen LogP contribution in [-0.2, 0) is 11.5 Å². The molecule has 4 aromatic rings. The number of hydrogen-bond acceptors (Lipinski definition) is 8. The van der Waals surface area contributed by atoms with Gasteiger partial charge in [-0.2, -0.15) is 9.94 Å². The van der Waals surface area contributed by atoms with E-state index < -0.39 is 25.0 Å². The van der Waals surface area contributed by atoms with Crippen LogP contribution in [0.1, 0.15) is 31.0 Å². The number of nitrogens with zero attached hydrogens (tertiary/aromatic N) is 6. The van der Waals surface area contributed by atoms with Crippen molar-refractivity contribution in [1.29, 1.82) is 5.26 Å². The molecule has 0 spiro atoms. The van der Waals surface area contributed by atoms with Crippen molar-refractivity contribution in [2.75, 3.05) is 6.61 Å². The minimum absolute atomic E-state index is 0.0512. The van der Waals surface area contributed by atoms with Crippen molar-refractivity contribution in [2.24, 2.45) is 0 Å². The van der Waals surface area contributed by atoms with E-state index in [0.29, 0.717) is 19.0 Å². The van der Waals surface area contributed by atoms with Gasteiger partial charge in [-0.1, -0.05) is 56.7 Å². The summed E-state index contributed by atoms with van der Waals surface area (Å²) in [6.45, 7) is 12.2. The lowest BCUT2D eigenvalue weighted by molar-refractivity contribution is 0.0897. The molecule has 3 aromatic heterocycles. The maximum atomic E-state index is 12.2. The number of benzene rings is 1. The zero-order valence-corrected chi connectivity index (χ0v) is 24.6. The van der Waals surface area contributed by atoms with Crippen LogP contribution >= 0.6 is 23.2 Å². The molecule has 0 amide bonds. The molecule has 0 atom stereocenters. The summed E-state index contributed by atoms with van der Waals surface area (Å²) in [4.78, 5) is 25.9. The second kappa shape index (κ2) is 11.3. The Kier molecular flexibility index (Phi) is 8.27. The quantitative estimate of drug-likeness (QED) is 0.211. The number of nitrogens with one attached hydrogen (secondary N) is 1. The molecular formula is C25H27Cl2N7O4Si. The summed E-state index contributed by atoms with van der Waals surface area (Å²) < 4.78 is 14.6. The third-order valence-electron chi connectivity index (χ3n) is 5.85. The summed E-state index contributed by atoms with van der Waals surface area (Å²) in [5.41, 5.74) is -0.375. The third-order valence-corrected chi connectivity index (χ3v) is 8.11. The van der Waals surface area contributed by atoms with Crippen molar-refractivity contribution in [3.05, 3.63) is 66.5 Å². The minimum atomic E-state index is -1.20. The fourth-order valence-corrected chi connectivity index (χ4v) is 5.07. The number of nitriles is 1. The van der Waals surface area contributed by atoms with Gasteiger partial charge < -0.3 is 14.0 Å². The first-order valence-corrected chi connectivity index (χ1v) is 16.6. The van der Waals surface area contributed by atoms with Crippen LogP contribution < -0.4 is 16.0 Å². The van der Waals surface area contributed by atoms with Gasteiger partial charge in [-0.05, 0) is 29.7 Å². The highest BCUT2D eigenvalue weighted by Crippen LogP contribution is 2.38. The zero-order valence-electron chi connectivity index (χ0n) is 22.1. The molecule has 0 fully saturated rings. The van der Waals surface area contributed by atoms with Crippen LogP contribution in [0.15, 0.2) is 34.0 Å². The molecule has 0 saturated heterocycles. The fraction of sp³-hybridized carbons (Fsp3) is 0.360. The Hall–Kier alpha value is -3.50.